The third kappa shape index (κ3) is 2.36. The average Bonchev–Trinajstić information content (AvgIpc) is 2.30. The van der Waals surface area contributed by atoms with Crippen molar-refractivity contribution in [2.75, 3.05) is 0 Å². The van der Waals surface area contributed by atoms with E-state index in [4.69, 9.17) is 0 Å². The monoisotopic (exact) mass is 214 g/mol. The minimum atomic E-state index is 0.0432. The van der Waals surface area contributed by atoms with Crippen molar-refractivity contribution in [3.8, 4) is 5.75 Å². The Bertz CT molecular complexity index is 509. The maximum absolute atomic E-state index is 11.6. The molecule has 2 aromatic carbocycles. The van der Waals surface area contributed by atoms with Crippen molar-refractivity contribution >= 4 is 11.4 Å². The van der Waals surface area contributed by atoms with Gasteiger partial charge in [-0.05, 0) is 23.1 Å². The molecule has 2 aromatic rings. The molecule has 1 N–H and O–H groups in total. The predicted molar refractivity (Wildman–Crippen MR) is 59.9 cm³/mol. The van der Waals surface area contributed by atoms with Crippen LogP contribution in [-0.2, 0) is 0 Å². The minimum absolute atomic E-state index is 0.0432. The Morgan fingerprint density at radius 2 is 1.75 bits per heavy atom. The Morgan fingerprint density at radius 1 is 1.00 bits per heavy atom. The number of hydrogen-bond donors (Lipinski definition) is 1. The molecule has 0 spiro atoms. The first-order chi connectivity index (χ1) is 7.75. The van der Waals surface area contributed by atoms with Crippen molar-refractivity contribution in [3.63, 3.8) is 0 Å². The molecule has 16 heavy (non-hydrogen) atoms. The van der Waals surface area contributed by atoms with Crippen molar-refractivity contribution < 1.29 is 9.97 Å². The van der Waals surface area contributed by atoms with Gasteiger partial charge in [0.25, 0.3) is 0 Å². The summed E-state index contributed by atoms with van der Waals surface area (Å²) in [6.45, 7) is 0. The van der Waals surface area contributed by atoms with Crippen LogP contribution in [0.15, 0.2) is 59.7 Å². The van der Waals surface area contributed by atoms with Gasteiger partial charge in [0.1, 0.15) is 11.4 Å². The normalized spacial score (nSPS) is 11.4. The van der Waals surface area contributed by atoms with Gasteiger partial charge >= 0.3 is 0 Å². The Morgan fingerprint density at radius 3 is 2.44 bits per heavy atom. The second-order valence-corrected chi connectivity index (χ2v) is 3.23. The van der Waals surface area contributed by atoms with E-state index >= 15 is 0 Å². The number of azo groups is 1. The Kier molecular flexibility index (Phi) is 2.82. The summed E-state index contributed by atoms with van der Waals surface area (Å²) in [4.78, 5) is 0.481. The number of rotatable bonds is 2. The van der Waals surface area contributed by atoms with E-state index in [0.29, 0.717) is 16.2 Å². The molecule has 0 heterocycles. The lowest BCUT2D eigenvalue weighted by atomic mass is 10.3. The second kappa shape index (κ2) is 4.44. The number of nitrogens with zero attached hydrogens (tertiary/aromatic N) is 2. The summed E-state index contributed by atoms with van der Waals surface area (Å²) < 4.78 is 0. The smallest absolute Gasteiger partial charge is 0.248 e. The van der Waals surface area contributed by atoms with E-state index in [-0.39, 0.29) is 5.75 Å². The Balaban J connectivity index is 2.32. The number of hydrogen-bond acceptors (Lipinski definition) is 3. The SMILES string of the molecule is [O-][N+](=Nc1ccccc1)c1cccc(O)c1. The molecule has 0 unspecified atom stereocenters. The van der Waals surface area contributed by atoms with Crippen molar-refractivity contribution in [1.82, 2.24) is 0 Å². The van der Waals surface area contributed by atoms with Crippen LogP contribution in [0.25, 0.3) is 0 Å². The minimum Gasteiger partial charge on any atom is -0.594 e. The molecule has 0 radical (unpaired) electrons. The molecule has 0 aliphatic heterocycles. The van der Waals surface area contributed by atoms with Crippen molar-refractivity contribution in [3.05, 3.63) is 59.8 Å². The molecule has 4 heteroatoms. The summed E-state index contributed by atoms with van der Waals surface area (Å²) in [5, 5.41) is 24.7. The summed E-state index contributed by atoms with van der Waals surface area (Å²) in [5.74, 6) is 0.0432. The van der Waals surface area contributed by atoms with Gasteiger partial charge in [-0.2, -0.15) is 0 Å². The third-order valence-electron chi connectivity index (χ3n) is 2.01. The van der Waals surface area contributed by atoms with Gasteiger partial charge in [-0.1, -0.05) is 24.3 Å². The first-order valence-electron chi connectivity index (χ1n) is 4.79. The number of aromatic hydroxyl groups is 1. The largest absolute Gasteiger partial charge is 0.594 e. The van der Waals surface area contributed by atoms with E-state index in [0.717, 1.165) is 0 Å². The number of phenolic OH excluding ortho intramolecular Hbond substituents is 1. The van der Waals surface area contributed by atoms with E-state index in [2.05, 4.69) is 5.11 Å². The maximum Gasteiger partial charge on any atom is 0.248 e. The molecule has 0 aliphatic carbocycles. The molecule has 0 bridgehead atoms. The van der Waals surface area contributed by atoms with Crippen molar-refractivity contribution in [2.24, 2.45) is 5.11 Å². The highest BCUT2D eigenvalue weighted by atomic mass is 16.5. The topological polar surface area (TPSA) is 58.7 Å². The molecule has 0 saturated carbocycles. The lowest BCUT2D eigenvalue weighted by Crippen LogP contribution is -1.89. The third-order valence-corrected chi connectivity index (χ3v) is 2.01. The fourth-order valence-corrected chi connectivity index (χ4v) is 1.27. The van der Waals surface area contributed by atoms with Gasteiger partial charge in [-0.15, -0.1) is 0 Å². The van der Waals surface area contributed by atoms with Crippen LogP contribution in [-0.4, -0.2) is 9.97 Å². The molecular weight excluding hydrogens is 204 g/mol. The molecule has 2 rings (SSSR count). The van der Waals surface area contributed by atoms with Gasteiger partial charge in [0.15, 0.2) is 0 Å². The zero-order valence-corrected chi connectivity index (χ0v) is 8.45. The fraction of sp³-hybridized carbons (Fsp3) is 0. The van der Waals surface area contributed by atoms with E-state index in [9.17, 15) is 10.3 Å². The molecule has 0 fully saturated rings. The van der Waals surface area contributed by atoms with Gasteiger partial charge in [0.2, 0.25) is 5.69 Å². The molecule has 0 amide bonds. The lowest BCUT2D eigenvalue weighted by molar-refractivity contribution is -0.435. The Hall–Kier alpha value is -2.36. The van der Waals surface area contributed by atoms with Crippen LogP contribution < -0.4 is 0 Å². The summed E-state index contributed by atoms with van der Waals surface area (Å²) in [6.07, 6.45) is 0. The quantitative estimate of drug-likeness (QED) is 0.473. The predicted octanol–water partition coefficient (Wildman–Crippen LogP) is 3.32. The molecule has 0 saturated heterocycles. The number of phenols is 1. The van der Waals surface area contributed by atoms with E-state index in [1.165, 1.54) is 12.1 Å². The summed E-state index contributed by atoms with van der Waals surface area (Å²) in [6, 6.07) is 14.9. The standard InChI is InChI=1S/C12H10N2O2/c15-12-8-4-7-11(9-12)14(16)13-10-5-2-1-3-6-10/h1-9,15H. The zero-order valence-electron chi connectivity index (χ0n) is 8.45. The van der Waals surface area contributed by atoms with Crippen molar-refractivity contribution in [1.29, 1.82) is 0 Å². The molecule has 0 aromatic heterocycles. The highest BCUT2D eigenvalue weighted by molar-refractivity contribution is 5.38. The molecule has 4 nitrogen and oxygen atoms in total. The highest BCUT2D eigenvalue weighted by Crippen LogP contribution is 2.20. The molecular formula is C12H10N2O2. The van der Waals surface area contributed by atoms with Crippen LogP contribution in [0.1, 0.15) is 0 Å². The summed E-state index contributed by atoms with van der Waals surface area (Å²) in [5.41, 5.74) is 0.865. The van der Waals surface area contributed by atoms with E-state index in [1.54, 1.807) is 36.4 Å². The van der Waals surface area contributed by atoms with Crippen LogP contribution in [0.2, 0.25) is 0 Å². The van der Waals surface area contributed by atoms with Crippen LogP contribution >= 0.6 is 0 Å². The first kappa shape index (κ1) is 10.2. The molecule has 80 valence electrons. The van der Waals surface area contributed by atoms with Gasteiger partial charge in [0, 0.05) is 11.2 Å². The van der Waals surface area contributed by atoms with Gasteiger partial charge in [-0.3, -0.25) is 0 Å². The average molecular weight is 214 g/mol. The van der Waals surface area contributed by atoms with Gasteiger partial charge in [-0.25, -0.2) is 0 Å². The van der Waals surface area contributed by atoms with E-state index < -0.39 is 0 Å². The fourth-order valence-electron chi connectivity index (χ4n) is 1.27. The Labute approximate surface area is 92.7 Å². The van der Waals surface area contributed by atoms with Gasteiger partial charge in [0.05, 0.1) is 6.07 Å². The number of benzene rings is 2. The van der Waals surface area contributed by atoms with Crippen LogP contribution in [0, 0.1) is 5.21 Å². The molecule has 0 atom stereocenters. The molecule has 0 aliphatic rings. The second-order valence-electron chi connectivity index (χ2n) is 3.23. The maximum atomic E-state index is 11.6. The van der Waals surface area contributed by atoms with Crippen LogP contribution in [0.4, 0.5) is 11.4 Å². The highest BCUT2D eigenvalue weighted by Gasteiger charge is 2.04. The van der Waals surface area contributed by atoms with Crippen LogP contribution in [0.5, 0.6) is 5.75 Å². The van der Waals surface area contributed by atoms with Gasteiger partial charge < -0.3 is 10.3 Å². The summed E-state index contributed by atoms with van der Waals surface area (Å²) >= 11 is 0. The lowest BCUT2D eigenvalue weighted by Gasteiger charge is -1.99. The van der Waals surface area contributed by atoms with Crippen molar-refractivity contribution in [2.45, 2.75) is 0 Å². The van der Waals surface area contributed by atoms with E-state index in [1.807, 2.05) is 6.07 Å². The zero-order chi connectivity index (χ0) is 11.4. The first-order valence-corrected chi connectivity index (χ1v) is 4.79. The summed E-state index contributed by atoms with van der Waals surface area (Å²) in [7, 11) is 0. The van der Waals surface area contributed by atoms with Crippen LogP contribution in [0.3, 0.4) is 0 Å².